The second kappa shape index (κ2) is 5.02. The van der Waals surface area contributed by atoms with Gasteiger partial charge in [-0.1, -0.05) is 0 Å². The normalized spacial score (nSPS) is 8.77. The third-order valence-corrected chi connectivity index (χ3v) is 1.37. The molecule has 0 atom stereocenters. The summed E-state index contributed by atoms with van der Waals surface area (Å²) in [6.45, 7) is 1.99. The average Bonchev–Trinajstić information content (AvgIpc) is 2.05. The van der Waals surface area contributed by atoms with Crippen LogP contribution in [0.15, 0.2) is 0 Å². The van der Waals surface area contributed by atoms with Crippen LogP contribution in [-0.2, 0) is 19.2 Å². The monoisotopic (exact) mass is 186 g/mol. The second-order valence-corrected chi connectivity index (χ2v) is 2.33. The maximum atomic E-state index is 10.7. The van der Waals surface area contributed by atoms with Crippen LogP contribution in [0.25, 0.3) is 0 Å². The lowest BCUT2D eigenvalue weighted by Gasteiger charge is -2.19. The molecule has 6 nitrogen and oxygen atoms in total. The van der Waals surface area contributed by atoms with Crippen LogP contribution in [0.3, 0.4) is 0 Å². The minimum Gasteiger partial charge on any atom is -0.278 e. The Labute approximate surface area is 75.1 Å². The molecule has 13 heavy (non-hydrogen) atoms. The molecular formula is C7H10N2O4. The standard InChI is InChI=1S/C7H10N2O4/c1-6(12)8(4-10)3-9(5-11)7(2)13/h4-5H,3H2,1-2H3. The fourth-order valence-electron chi connectivity index (χ4n) is 0.578. The Hall–Kier alpha value is -1.72. The van der Waals surface area contributed by atoms with Gasteiger partial charge in [-0.25, -0.2) is 0 Å². The van der Waals surface area contributed by atoms with Gasteiger partial charge < -0.3 is 0 Å². The molecule has 0 saturated carbocycles. The fraction of sp³-hybridized carbons (Fsp3) is 0.429. The Morgan fingerprint density at radius 3 is 1.46 bits per heavy atom. The quantitative estimate of drug-likeness (QED) is 0.415. The van der Waals surface area contributed by atoms with E-state index in [4.69, 9.17) is 0 Å². The van der Waals surface area contributed by atoms with Crippen molar-refractivity contribution in [3.05, 3.63) is 0 Å². The first-order valence-electron chi connectivity index (χ1n) is 3.48. The highest BCUT2D eigenvalue weighted by Crippen LogP contribution is 1.90. The maximum Gasteiger partial charge on any atom is 0.227 e. The van der Waals surface area contributed by atoms with Crippen molar-refractivity contribution in [2.24, 2.45) is 0 Å². The van der Waals surface area contributed by atoms with Crippen molar-refractivity contribution in [2.75, 3.05) is 6.67 Å². The Balaban J connectivity index is 4.36. The molecule has 72 valence electrons. The molecule has 0 radical (unpaired) electrons. The van der Waals surface area contributed by atoms with Gasteiger partial charge in [-0.05, 0) is 0 Å². The second-order valence-electron chi connectivity index (χ2n) is 2.33. The summed E-state index contributed by atoms with van der Waals surface area (Å²) < 4.78 is 0. The fourth-order valence-corrected chi connectivity index (χ4v) is 0.578. The Bertz CT molecular complexity index is 215. The number of carbonyl (C=O) groups is 4. The zero-order chi connectivity index (χ0) is 10.4. The van der Waals surface area contributed by atoms with Gasteiger partial charge >= 0.3 is 0 Å². The number of amides is 4. The molecular weight excluding hydrogens is 176 g/mol. The Morgan fingerprint density at radius 1 is 1.00 bits per heavy atom. The first kappa shape index (κ1) is 11.3. The third-order valence-electron chi connectivity index (χ3n) is 1.37. The van der Waals surface area contributed by atoms with Gasteiger partial charge in [-0.15, -0.1) is 0 Å². The lowest BCUT2D eigenvalue weighted by atomic mass is 10.5. The van der Waals surface area contributed by atoms with Crippen LogP contribution in [0.4, 0.5) is 0 Å². The zero-order valence-electron chi connectivity index (χ0n) is 7.39. The van der Waals surface area contributed by atoms with Crippen LogP contribution in [0.5, 0.6) is 0 Å². The van der Waals surface area contributed by atoms with E-state index in [9.17, 15) is 19.2 Å². The van der Waals surface area contributed by atoms with Gasteiger partial charge in [0, 0.05) is 13.8 Å². The molecule has 0 aliphatic carbocycles. The first-order chi connectivity index (χ1) is 6.02. The van der Waals surface area contributed by atoms with Crippen LogP contribution in [0.2, 0.25) is 0 Å². The molecule has 0 fully saturated rings. The van der Waals surface area contributed by atoms with Gasteiger partial charge in [0.2, 0.25) is 24.6 Å². The average molecular weight is 186 g/mol. The minimum absolute atomic E-state index is 0.266. The molecule has 0 unspecified atom stereocenters. The lowest BCUT2D eigenvalue weighted by molar-refractivity contribution is -0.144. The molecule has 0 rings (SSSR count). The van der Waals surface area contributed by atoms with Gasteiger partial charge in [0.05, 0.1) is 0 Å². The van der Waals surface area contributed by atoms with Crippen LogP contribution in [-0.4, -0.2) is 41.1 Å². The number of hydrogen-bond donors (Lipinski definition) is 0. The maximum absolute atomic E-state index is 10.7. The summed E-state index contributed by atoms with van der Waals surface area (Å²) in [7, 11) is 0. The predicted molar refractivity (Wildman–Crippen MR) is 42.0 cm³/mol. The van der Waals surface area contributed by atoms with Crippen molar-refractivity contribution < 1.29 is 19.2 Å². The summed E-state index contributed by atoms with van der Waals surface area (Å²) in [6.07, 6.45) is 0.531. The van der Waals surface area contributed by atoms with Gasteiger partial charge in [0.15, 0.2) is 0 Å². The highest BCUT2D eigenvalue weighted by molar-refractivity contribution is 5.87. The molecule has 0 saturated heterocycles. The van der Waals surface area contributed by atoms with Crippen LogP contribution < -0.4 is 0 Å². The molecule has 0 bridgehead atoms. The summed E-state index contributed by atoms with van der Waals surface area (Å²) in [5.41, 5.74) is 0. The van der Waals surface area contributed by atoms with E-state index in [1.807, 2.05) is 0 Å². The summed E-state index contributed by atoms with van der Waals surface area (Å²) in [5, 5.41) is 0. The summed E-state index contributed by atoms with van der Waals surface area (Å²) in [5.74, 6) is -1.05. The Morgan fingerprint density at radius 2 is 1.31 bits per heavy atom. The topological polar surface area (TPSA) is 74.8 Å². The van der Waals surface area contributed by atoms with E-state index in [2.05, 4.69) is 0 Å². The zero-order valence-corrected chi connectivity index (χ0v) is 7.39. The number of nitrogens with zero attached hydrogens (tertiary/aromatic N) is 2. The number of rotatable bonds is 4. The summed E-state index contributed by atoms with van der Waals surface area (Å²) >= 11 is 0. The molecule has 0 aliphatic rings. The van der Waals surface area contributed by atoms with Gasteiger partial charge in [-0.2, -0.15) is 0 Å². The third kappa shape index (κ3) is 3.46. The van der Waals surface area contributed by atoms with Crippen molar-refractivity contribution in [3.8, 4) is 0 Å². The molecule has 0 aromatic heterocycles. The van der Waals surface area contributed by atoms with Crippen LogP contribution in [0, 0.1) is 0 Å². The van der Waals surface area contributed by atoms with E-state index in [1.165, 1.54) is 0 Å². The van der Waals surface area contributed by atoms with E-state index >= 15 is 0 Å². The molecule has 0 heterocycles. The van der Waals surface area contributed by atoms with E-state index in [0.717, 1.165) is 23.6 Å². The summed E-state index contributed by atoms with van der Waals surface area (Å²) in [6, 6.07) is 0. The minimum atomic E-state index is -0.525. The van der Waals surface area contributed by atoms with E-state index in [-0.39, 0.29) is 19.5 Å². The molecule has 6 heteroatoms. The van der Waals surface area contributed by atoms with Gasteiger partial charge in [-0.3, -0.25) is 29.0 Å². The predicted octanol–water partition coefficient (Wildman–Crippen LogP) is -1.05. The SMILES string of the molecule is CC(=O)N(C=O)CN(C=O)C(C)=O. The molecule has 0 N–H and O–H groups in total. The van der Waals surface area contributed by atoms with Gasteiger partial charge in [0.1, 0.15) is 6.67 Å². The van der Waals surface area contributed by atoms with Crippen molar-refractivity contribution >= 4 is 24.6 Å². The van der Waals surface area contributed by atoms with E-state index in [1.54, 1.807) is 0 Å². The summed E-state index contributed by atoms with van der Waals surface area (Å²) in [4.78, 5) is 43.4. The van der Waals surface area contributed by atoms with Crippen molar-refractivity contribution in [3.63, 3.8) is 0 Å². The van der Waals surface area contributed by atoms with Crippen molar-refractivity contribution in [2.45, 2.75) is 13.8 Å². The highest BCUT2D eigenvalue weighted by Gasteiger charge is 2.14. The first-order valence-corrected chi connectivity index (χ1v) is 3.48. The lowest BCUT2D eigenvalue weighted by Crippen LogP contribution is -2.41. The molecule has 0 aromatic rings. The molecule has 0 aromatic carbocycles. The van der Waals surface area contributed by atoms with E-state index < -0.39 is 11.8 Å². The largest absolute Gasteiger partial charge is 0.278 e. The smallest absolute Gasteiger partial charge is 0.227 e. The number of hydrogen-bond acceptors (Lipinski definition) is 4. The van der Waals surface area contributed by atoms with Crippen molar-refractivity contribution in [1.82, 2.24) is 9.80 Å². The van der Waals surface area contributed by atoms with Crippen LogP contribution >= 0.6 is 0 Å². The molecule has 0 aliphatic heterocycles. The number of carbonyl (C=O) groups excluding carboxylic acids is 4. The highest BCUT2D eigenvalue weighted by atomic mass is 16.2. The van der Waals surface area contributed by atoms with Crippen LogP contribution in [0.1, 0.15) is 13.8 Å². The Kier molecular flexibility index (Phi) is 4.36. The van der Waals surface area contributed by atoms with E-state index in [0.29, 0.717) is 0 Å². The van der Waals surface area contributed by atoms with Gasteiger partial charge in [0.25, 0.3) is 0 Å². The molecule has 4 amide bonds. The van der Waals surface area contributed by atoms with Crippen molar-refractivity contribution in [1.29, 1.82) is 0 Å². The molecule has 0 spiro atoms. The number of imide groups is 2.